The number of primary amides is 1. The number of hydrogen-bond donors (Lipinski definition) is 1. The lowest BCUT2D eigenvalue weighted by Crippen LogP contribution is -2.20. The molecule has 6 heteroatoms. The van der Waals surface area contributed by atoms with E-state index in [1.807, 2.05) is 36.4 Å². The summed E-state index contributed by atoms with van der Waals surface area (Å²) in [6, 6.07) is 11.5. The van der Waals surface area contributed by atoms with Gasteiger partial charge in [0.05, 0.1) is 4.34 Å². The molecule has 0 aliphatic heterocycles. The first-order valence-corrected chi connectivity index (χ1v) is 8.21. The Balaban J connectivity index is 2.15. The highest BCUT2D eigenvalue weighted by molar-refractivity contribution is 7.84. The Bertz CT molecular complexity index is 625. The highest BCUT2D eigenvalue weighted by Gasteiger charge is 2.07. The maximum atomic E-state index is 11.7. The number of hydrogen-bond acceptors (Lipinski definition) is 3. The van der Waals surface area contributed by atoms with Gasteiger partial charge < -0.3 is 5.73 Å². The van der Waals surface area contributed by atoms with Gasteiger partial charge in [0.1, 0.15) is 5.75 Å². The van der Waals surface area contributed by atoms with Crippen LogP contribution in [0.5, 0.6) is 0 Å². The summed E-state index contributed by atoms with van der Waals surface area (Å²) in [6.07, 6.45) is 0. The van der Waals surface area contributed by atoms with Crippen molar-refractivity contribution < 1.29 is 9.00 Å². The Hall–Kier alpha value is -1.17. The van der Waals surface area contributed by atoms with E-state index >= 15 is 0 Å². The summed E-state index contributed by atoms with van der Waals surface area (Å²) in [7, 11) is -1.26. The van der Waals surface area contributed by atoms with Crippen molar-refractivity contribution in [3.05, 3.63) is 46.3 Å². The van der Waals surface area contributed by atoms with Crippen molar-refractivity contribution in [2.24, 2.45) is 5.73 Å². The van der Waals surface area contributed by atoms with Gasteiger partial charge in [-0.1, -0.05) is 29.8 Å². The Labute approximate surface area is 122 Å². The van der Waals surface area contributed by atoms with Crippen LogP contribution in [0.25, 0.3) is 10.4 Å². The summed E-state index contributed by atoms with van der Waals surface area (Å²) in [5.41, 5.74) is 6.98. The predicted molar refractivity (Wildman–Crippen MR) is 80.7 cm³/mol. The lowest BCUT2D eigenvalue weighted by molar-refractivity contribution is -0.115. The third-order valence-electron chi connectivity index (χ3n) is 2.42. The Morgan fingerprint density at radius 1 is 1.32 bits per heavy atom. The standard InChI is InChI=1S/C13H12ClNO2S2/c14-12-5-4-11(18-12)10-3-1-2-9(6-10)7-19(17)8-13(15)16/h1-6H,7-8H2,(H2,15,16). The van der Waals surface area contributed by atoms with Crippen LogP contribution in [0.2, 0.25) is 4.34 Å². The molecule has 3 nitrogen and oxygen atoms in total. The average Bonchev–Trinajstić information content (AvgIpc) is 2.75. The van der Waals surface area contributed by atoms with E-state index in [9.17, 15) is 9.00 Å². The Kier molecular flexibility index (Phi) is 4.74. The number of thiophene rings is 1. The van der Waals surface area contributed by atoms with Crippen molar-refractivity contribution in [2.75, 3.05) is 5.75 Å². The second kappa shape index (κ2) is 6.32. The van der Waals surface area contributed by atoms with Crippen LogP contribution in [0.15, 0.2) is 36.4 Å². The van der Waals surface area contributed by atoms with Crippen molar-refractivity contribution in [3.63, 3.8) is 0 Å². The monoisotopic (exact) mass is 313 g/mol. The van der Waals surface area contributed by atoms with E-state index in [0.717, 1.165) is 20.3 Å². The summed E-state index contributed by atoms with van der Waals surface area (Å²) in [6.45, 7) is 0. The second-order valence-electron chi connectivity index (χ2n) is 4.00. The van der Waals surface area contributed by atoms with Crippen LogP contribution in [0.4, 0.5) is 0 Å². The molecule has 0 radical (unpaired) electrons. The largest absolute Gasteiger partial charge is 0.369 e. The maximum absolute atomic E-state index is 11.7. The molecule has 19 heavy (non-hydrogen) atoms. The summed E-state index contributed by atoms with van der Waals surface area (Å²) < 4.78 is 12.4. The van der Waals surface area contributed by atoms with E-state index in [2.05, 4.69) is 0 Å². The predicted octanol–water partition coefficient (Wildman–Crippen LogP) is 2.80. The van der Waals surface area contributed by atoms with Gasteiger partial charge in [-0.3, -0.25) is 9.00 Å². The fourth-order valence-electron chi connectivity index (χ4n) is 1.68. The van der Waals surface area contributed by atoms with E-state index in [-0.39, 0.29) is 5.75 Å². The van der Waals surface area contributed by atoms with Crippen molar-refractivity contribution in [2.45, 2.75) is 5.75 Å². The summed E-state index contributed by atoms with van der Waals surface area (Å²) in [4.78, 5) is 11.8. The fraction of sp³-hybridized carbons (Fsp3) is 0.154. The molecule has 2 aromatic rings. The van der Waals surface area contributed by atoms with Gasteiger partial charge >= 0.3 is 0 Å². The topological polar surface area (TPSA) is 60.2 Å². The molecule has 2 rings (SSSR count). The van der Waals surface area contributed by atoms with Gasteiger partial charge in [-0.05, 0) is 29.3 Å². The van der Waals surface area contributed by atoms with Gasteiger partial charge in [-0.2, -0.15) is 0 Å². The number of amides is 1. The normalized spacial score (nSPS) is 12.3. The minimum Gasteiger partial charge on any atom is -0.369 e. The molecule has 0 aliphatic rings. The van der Waals surface area contributed by atoms with Crippen LogP contribution in [-0.2, 0) is 21.3 Å². The number of halogens is 1. The van der Waals surface area contributed by atoms with Crippen LogP contribution < -0.4 is 5.73 Å². The van der Waals surface area contributed by atoms with Crippen LogP contribution >= 0.6 is 22.9 Å². The van der Waals surface area contributed by atoms with E-state index in [0.29, 0.717) is 5.75 Å². The molecule has 1 aromatic carbocycles. The molecule has 0 aliphatic carbocycles. The van der Waals surface area contributed by atoms with Gasteiger partial charge in [-0.25, -0.2) is 0 Å². The quantitative estimate of drug-likeness (QED) is 0.922. The number of nitrogens with two attached hydrogens (primary N) is 1. The third kappa shape index (κ3) is 4.16. The van der Waals surface area contributed by atoms with Crippen LogP contribution in [-0.4, -0.2) is 15.9 Å². The summed E-state index contributed by atoms with van der Waals surface area (Å²) in [5.74, 6) is -0.315. The van der Waals surface area contributed by atoms with Gasteiger partial charge in [0.2, 0.25) is 5.91 Å². The zero-order valence-electron chi connectivity index (χ0n) is 9.97. The van der Waals surface area contributed by atoms with Crippen molar-refractivity contribution >= 4 is 39.6 Å². The molecule has 0 saturated carbocycles. The van der Waals surface area contributed by atoms with Gasteiger partial charge in [0.15, 0.2) is 0 Å². The van der Waals surface area contributed by atoms with Crippen molar-refractivity contribution in [3.8, 4) is 10.4 Å². The highest BCUT2D eigenvalue weighted by atomic mass is 35.5. The number of rotatable bonds is 5. The number of carbonyl (C=O) groups excluding carboxylic acids is 1. The average molecular weight is 314 g/mol. The molecule has 0 spiro atoms. The zero-order valence-corrected chi connectivity index (χ0v) is 12.4. The van der Waals surface area contributed by atoms with Crippen LogP contribution in [0, 0.1) is 0 Å². The Morgan fingerprint density at radius 2 is 2.11 bits per heavy atom. The van der Waals surface area contributed by atoms with Crippen molar-refractivity contribution in [1.82, 2.24) is 0 Å². The molecular weight excluding hydrogens is 302 g/mol. The van der Waals surface area contributed by atoms with Crippen LogP contribution in [0.3, 0.4) is 0 Å². The van der Waals surface area contributed by atoms with Gasteiger partial charge in [0.25, 0.3) is 0 Å². The lowest BCUT2D eigenvalue weighted by Gasteiger charge is -2.03. The molecular formula is C13H12ClNO2S2. The molecule has 1 aromatic heterocycles. The van der Waals surface area contributed by atoms with Crippen molar-refractivity contribution in [1.29, 1.82) is 0 Å². The third-order valence-corrected chi connectivity index (χ3v) is 4.96. The highest BCUT2D eigenvalue weighted by Crippen LogP contribution is 2.31. The smallest absolute Gasteiger partial charge is 0.230 e. The van der Waals surface area contributed by atoms with Crippen LogP contribution in [0.1, 0.15) is 5.56 Å². The molecule has 2 N–H and O–H groups in total. The zero-order chi connectivity index (χ0) is 13.8. The minimum absolute atomic E-state index is 0.102. The molecule has 1 unspecified atom stereocenters. The maximum Gasteiger partial charge on any atom is 0.230 e. The van der Waals surface area contributed by atoms with E-state index in [1.54, 1.807) is 0 Å². The first kappa shape index (κ1) is 14.2. The number of benzene rings is 1. The lowest BCUT2D eigenvalue weighted by atomic mass is 10.1. The van der Waals surface area contributed by atoms with Gasteiger partial charge in [0, 0.05) is 21.4 Å². The molecule has 1 amide bonds. The first-order chi connectivity index (χ1) is 9.04. The first-order valence-electron chi connectivity index (χ1n) is 5.52. The molecule has 0 bridgehead atoms. The molecule has 1 heterocycles. The molecule has 100 valence electrons. The SMILES string of the molecule is NC(=O)CS(=O)Cc1cccc(-c2ccc(Cl)s2)c1. The summed E-state index contributed by atoms with van der Waals surface area (Å²) in [5, 5.41) is 0. The molecule has 0 fully saturated rings. The second-order valence-corrected chi connectivity index (χ2v) is 7.17. The van der Waals surface area contributed by atoms with E-state index in [1.165, 1.54) is 11.3 Å². The molecule has 1 atom stereocenters. The minimum atomic E-state index is -1.26. The fourth-order valence-corrected chi connectivity index (χ4v) is 3.69. The number of carbonyl (C=O) groups is 1. The summed E-state index contributed by atoms with van der Waals surface area (Å²) >= 11 is 7.40. The molecule has 0 saturated heterocycles. The van der Waals surface area contributed by atoms with Gasteiger partial charge in [-0.15, -0.1) is 11.3 Å². The van der Waals surface area contributed by atoms with E-state index in [4.69, 9.17) is 17.3 Å². The Morgan fingerprint density at radius 3 is 2.74 bits per heavy atom. The van der Waals surface area contributed by atoms with E-state index < -0.39 is 16.7 Å².